The molecule has 0 bridgehead atoms. The summed E-state index contributed by atoms with van der Waals surface area (Å²) in [5.74, 6) is -0.673. The summed E-state index contributed by atoms with van der Waals surface area (Å²) in [6.45, 7) is 6.05. The van der Waals surface area contributed by atoms with E-state index in [0.29, 0.717) is 11.5 Å². The average Bonchev–Trinajstić information content (AvgIpc) is 2.66. The number of aliphatic carboxylic acids is 1. The third kappa shape index (κ3) is 6.54. The number of amides is 1. The van der Waals surface area contributed by atoms with Crippen LogP contribution < -0.4 is 10.2 Å². The van der Waals surface area contributed by atoms with Crippen LogP contribution in [0.25, 0.3) is 0 Å². The highest BCUT2D eigenvalue weighted by molar-refractivity contribution is 6.02. The third-order valence-corrected chi connectivity index (χ3v) is 4.05. The van der Waals surface area contributed by atoms with Crippen molar-refractivity contribution in [2.24, 2.45) is 5.10 Å². The summed E-state index contributed by atoms with van der Waals surface area (Å²) >= 11 is 0. The molecule has 0 aliphatic carbocycles. The number of hydrogen-bond acceptors (Lipinski definition) is 4. The molecule has 0 saturated carbocycles. The normalized spacial score (nSPS) is 11.8. The van der Waals surface area contributed by atoms with Gasteiger partial charge in [0.25, 0.3) is 5.91 Å². The number of nitrogens with one attached hydrogen (secondary N) is 1. The summed E-state index contributed by atoms with van der Waals surface area (Å²) in [6, 6.07) is 16.8. The van der Waals surface area contributed by atoms with E-state index in [1.165, 1.54) is 0 Å². The van der Waals surface area contributed by atoms with Crippen LogP contribution in [-0.2, 0) is 15.0 Å². The Kier molecular flexibility index (Phi) is 7.32. The number of rotatable bonds is 8. The number of benzene rings is 2. The van der Waals surface area contributed by atoms with Crippen molar-refractivity contribution in [1.29, 1.82) is 0 Å². The SMILES string of the molecule is CC(C)(C)c1ccccc1OCC(=O)N/N=C(/CCC(=O)O)c1ccccc1. The minimum absolute atomic E-state index is 0.0704. The molecule has 0 aliphatic heterocycles. The maximum Gasteiger partial charge on any atom is 0.303 e. The topological polar surface area (TPSA) is 88.0 Å². The van der Waals surface area contributed by atoms with Gasteiger partial charge in [0.05, 0.1) is 12.1 Å². The monoisotopic (exact) mass is 382 g/mol. The minimum atomic E-state index is -0.919. The van der Waals surface area contributed by atoms with Gasteiger partial charge < -0.3 is 9.84 Å². The van der Waals surface area contributed by atoms with Gasteiger partial charge in [-0.05, 0) is 22.6 Å². The van der Waals surface area contributed by atoms with Crippen molar-refractivity contribution in [3.8, 4) is 5.75 Å². The molecule has 0 atom stereocenters. The lowest BCUT2D eigenvalue weighted by atomic mass is 9.86. The highest BCUT2D eigenvalue weighted by atomic mass is 16.5. The van der Waals surface area contributed by atoms with Crippen LogP contribution >= 0.6 is 0 Å². The van der Waals surface area contributed by atoms with Gasteiger partial charge in [-0.3, -0.25) is 9.59 Å². The number of hydrazone groups is 1. The molecule has 0 heterocycles. The molecule has 148 valence electrons. The van der Waals surface area contributed by atoms with Crippen molar-refractivity contribution in [3.63, 3.8) is 0 Å². The van der Waals surface area contributed by atoms with Crippen molar-refractivity contribution < 1.29 is 19.4 Å². The zero-order valence-corrected chi connectivity index (χ0v) is 16.4. The number of carboxylic acid groups (broad SMARTS) is 1. The van der Waals surface area contributed by atoms with Crippen LogP contribution in [0, 0.1) is 0 Å². The number of carbonyl (C=O) groups excluding carboxylic acids is 1. The fraction of sp³-hybridized carbons (Fsp3) is 0.318. The van der Waals surface area contributed by atoms with Crippen LogP contribution in [0.3, 0.4) is 0 Å². The van der Waals surface area contributed by atoms with Gasteiger partial charge in [0.2, 0.25) is 0 Å². The van der Waals surface area contributed by atoms with Gasteiger partial charge >= 0.3 is 5.97 Å². The number of nitrogens with zero attached hydrogens (tertiary/aromatic N) is 1. The first-order chi connectivity index (χ1) is 13.3. The Morgan fingerprint density at radius 1 is 1.00 bits per heavy atom. The molecule has 0 fully saturated rings. The molecular weight excluding hydrogens is 356 g/mol. The molecule has 0 radical (unpaired) electrons. The van der Waals surface area contributed by atoms with E-state index in [0.717, 1.165) is 11.1 Å². The van der Waals surface area contributed by atoms with Crippen LogP contribution in [0.5, 0.6) is 5.75 Å². The molecule has 0 spiro atoms. The summed E-state index contributed by atoms with van der Waals surface area (Å²) in [5.41, 5.74) is 4.64. The van der Waals surface area contributed by atoms with E-state index < -0.39 is 11.9 Å². The predicted molar refractivity (Wildman–Crippen MR) is 109 cm³/mol. The molecule has 2 aromatic rings. The van der Waals surface area contributed by atoms with Crippen molar-refractivity contribution in [3.05, 3.63) is 65.7 Å². The van der Waals surface area contributed by atoms with Crippen molar-refractivity contribution >= 4 is 17.6 Å². The van der Waals surface area contributed by atoms with Crippen LogP contribution in [0.2, 0.25) is 0 Å². The van der Waals surface area contributed by atoms with E-state index in [9.17, 15) is 9.59 Å². The predicted octanol–water partition coefficient (Wildman–Crippen LogP) is 3.75. The molecule has 6 nitrogen and oxygen atoms in total. The molecule has 2 aromatic carbocycles. The number of para-hydroxylation sites is 1. The number of hydrogen-bond donors (Lipinski definition) is 2. The van der Waals surface area contributed by atoms with Crippen molar-refractivity contribution in [2.45, 2.75) is 39.0 Å². The number of ether oxygens (including phenoxy) is 1. The lowest BCUT2D eigenvalue weighted by Crippen LogP contribution is -2.27. The summed E-state index contributed by atoms with van der Waals surface area (Å²) in [5, 5.41) is 13.0. The lowest BCUT2D eigenvalue weighted by molar-refractivity contribution is -0.136. The van der Waals surface area contributed by atoms with Gasteiger partial charge in [-0.2, -0.15) is 5.10 Å². The minimum Gasteiger partial charge on any atom is -0.483 e. The van der Waals surface area contributed by atoms with Crippen molar-refractivity contribution in [1.82, 2.24) is 5.43 Å². The van der Waals surface area contributed by atoms with E-state index in [1.54, 1.807) is 0 Å². The molecule has 0 unspecified atom stereocenters. The first-order valence-electron chi connectivity index (χ1n) is 9.12. The van der Waals surface area contributed by atoms with Crippen LogP contribution in [0.1, 0.15) is 44.7 Å². The van der Waals surface area contributed by atoms with E-state index >= 15 is 0 Å². The van der Waals surface area contributed by atoms with Gasteiger partial charge in [0, 0.05) is 6.42 Å². The van der Waals surface area contributed by atoms with Gasteiger partial charge in [-0.1, -0.05) is 69.3 Å². The van der Waals surface area contributed by atoms with Crippen LogP contribution in [-0.4, -0.2) is 29.3 Å². The smallest absolute Gasteiger partial charge is 0.303 e. The fourth-order valence-electron chi connectivity index (χ4n) is 2.64. The molecule has 1 amide bonds. The number of carboxylic acids is 1. The molecule has 28 heavy (non-hydrogen) atoms. The Morgan fingerprint density at radius 2 is 1.64 bits per heavy atom. The van der Waals surface area contributed by atoms with E-state index in [2.05, 4.69) is 31.3 Å². The third-order valence-electron chi connectivity index (χ3n) is 4.05. The average molecular weight is 382 g/mol. The zero-order chi connectivity index (χ0) is 20.6. The standard InChI is InChI=1S/C22H26N2O4/c1-22(2,3)17-11-7-8-12-19(17)28-15-20(25)24-23-18(13-14-21(26)27)16-9-5-4-6-10-16/h4-12H,13-15H2,1-3H3,(H,24,25)(H,26,27)/b23-18-. The van der Waals surface area contributed by atoms with Crippen LogP contribution in [0.15, 0.2) is 59.7 Å². The quantitative estimate of drug-likeness (QED) is 0.538. The lowest BCUT2D eigenvalue weighted by Gasteiger charge is -2.22. The largest absolute Gasteiger partial charge is 0.483 e. The highest BCUT2D eigenvalue weighted by Crippen LogP contribution is 2.30. The fourth-order valence-corrected chi connectivity index (χ4v) is 2.64. The molecule has 0 aliphatic rings. The van der Waals surface area contributed by atoms with Crippen molar-refractivity contribution in [2.75, 3.05) is 6.61 Å². The van der Waals surface area contributed by atoms with E-state index in [4.69, 9.17) is 9.84 Å². The van der Waals surface area contributed by atoms with Crippen LogP contribution in [0.4, 0.5) is 0 Å². The zero-order valence-electron chi connectivity index (χ0n) is 16.4. The maximum absolute atomic E-state index is 12.2. The second-order valence-corrected chi connectivity index (χ2v) is 7.39. The molecule has 0 aromatic heterocycles. The second-order valence-electron chi connectivity index (χ2n) is 7.39. The maximum atomic E-state index is 12.2. The molecule has 2 N–H and O–H groups in total. The van der Waals surface area contributed by atoms with Gasteiger partial charge in [-0.15, -0.1) is 0 Å². The molecular formula is C22H26N2O4. The first-order valence-corrected chi connectivity index (χ1v) is 9.12. The number of carbonyl (C=O) groups is 2. The second kappa shape index (κ2) is 9.69. The van der Waals surface area contributed by atoms with Gasteiger partial charge in [0.15, 0.2) is 6.61 Å². The molecule has 6 heteroatoms. The molecule has 0 saturated heterocycles. The van der Waals surface area contributed by atoms with Gasteiger partial charge in [0.1, 0.15) is 5.75 Å². The Balaban J connectivity index is 2.03. The Labute approximate surface area is 165 Å². The summed E-state index contributed by atoms with van der Waals surface area (Å²) in [4.78, 5) is 23.1. The Hall–Kier alpha value is -3.15. The first kappa shape index (κ1) is 21.2. The van der Waals surface area contributed by atoms with Gasteiger partial charge in [-0.25, -0.2) is 5.43 Å². The Bertz CT molecular complexity index is 839. The summed E-state index contributed by atoms with van der Waals surface area (Å²) < 4.78 is 5.69. The van der Waals surface area contributed by atoms with E-state index in [-0.39, 0.29) is 24.9 Å². The Morgan fingerprint density at radius 3 is 2.29 bits per heavy atom. The summed E-state index contributed by atoms with van der Waals surface area (Å²) in [6.07, 6.45) is 0.145. The summed E-state index contributed by atoms with van der Waals surface area (Å²) in [7, 11) is 0. The highest BCUT2D eigenvalue weighted by Gasteiger charge is 2.19. The molecule has 2 rings (SSSR count). The van der Waals surface area contributed by atoms with E-state index in [1.807, 2.05) is 54.6 Å².